The minimum absolute atomic E-state index is 0.180. The van der Waals surface area contributed by atoms with Gasteiger partial charge in [-0.15, -0.1) is 0 Å². The number of benzene rings is 2. The Morgan fingerprint density at radius 2 is 1.93 bits per heavy atom. The zero-order valence-electron chi connectivity index (χ0n) is 15.9. The molecule has 2 aromatic rings. The third-order valence-corrected chi connectivity index (χ3v) is 6.46. The molecule has 3 rings (SSSR count). The third kappa shape index (κ3) is 4.70. The molecule has 152 valence electrons. The van der Waals surface area contributed by atoms with Crippen LogP contribution in [-0.4, -0.2) is 52.7 Å². The standard InChI is InChI=1S/C20H24FNO5S/c1-15-13-18(7-8-19(15)27-12-11-25-2)28(23,24)22-9-10-26-20(14-22)16-3-5-17(21)6-4-16/h3-8,13,20H,9-12,14H2,1-2H3. The molecule has 0 saturated carbocycles. The predicted molar refractivity (Wildman–Crippen MR) is 102 cm³/mol. The van der Waals surface area contributed by atoms with Crippen molar-refractivity contribution in [3.05, 3.63) is 59.4 Å². The van der Waals surface area contributed by atoms with E-state index < -0.39 is 16.1 Å². The molecule has 1 fully saturated rings. The Kier molecular flexibility index (Phi) is 6.66. The highest BCUT2D eigenvalue weighted by Gasteiger charge is 2.31. The molecule has 0 radical (unpaired) electrons. The lowest BCUT2D eigenvalue weighted by Crippen LogP contribution is -2.42. The fourth-order valence-corrected chi connectivity index (χ4v) is 4.56. The molecule has 1 aliphatic heterocycles. The van der Waals surface area contributed by atoms with Crippen LogP contribution in [0.25, 0.3) is 0 Å². The zero-order valence-corrected chi connectivity index (χ0v) is 16.7. The largest absolute Gasteiger partial charge is 0.491 e. The number of morpholine rings is 1. The lowest BCUT2D eigenvalue weighted by atomic mass is 10.1. The first-order valence-electron chi connectivity index (χ1n) is 9.01. The first kappa shape index (κ1) is 20.7. The molecule has 2 aromatic carbocycles. The first-order chi connectivity index (χ1) is 13.4. The van der Waals surface area contributed by atoms with E-state index in [1.165, 1.54) is 16.4 Å². The summed E-state index contributed by atoms with van der Waals surface area (Å²) in [7, 11) is -2.09. The van der Waals surface area contributed by atoms with Crippen LogP contribution in [0.2, 0.25) is 0 Å². The van der Waals surface area contributed by atoms with Gasteiger partial charge in [0, 0.05) is 20.2 Å². The van der Waals surface area contributed by atoms with Crippen molar-refractivity contribution in [1.29, 1.82) is 0 Å². The Balaban J connectivity index is 1.76. The second-order valence-electron chi connectivity index (χ2n) is 6.54. The van der Waals surface area contributed by atoms with Gasteiger partial charge in [0.1, 0.15) is 18.2 Å². The molecule has 0 aromatic heterocycles. The lowest BCUT2D eigenvalue weighted by Gasteiger charge is -2.32. The van der Waals surface area contributed by atoms with Crippen molar-refractivity contribution >= 4 is 10.0 Å². The SMILES string of the molecule is COCCOc1ccc(S(=O)(=O)N2CCOC(c3ccc(F)cc3)C2)cc1C. The van der Waals surface area contributed by atoms with E-state index in [2.05, 4.69) is 0 Å². The normalized spacial score (nSPS) is 18.2. The second-order valence-corrected chi connectivity index (χ2v) is 8.48. The second kappa shape index (κ2) is 9.00. The van der Waals surface area contributed by atoms with Gasteiger partial charge in [-0.3, -0.25) is 0 Å². The molecule has 6 nitrogen and oxygen atoms in total. The summed E-state index contributed by atoms with van der Waals surface area (Å²) in [6.07, 6.45) is -0.429. The fourth-order valence-electron chi connectivity index (χ4n) is 3.05. The van der Waals surface area contributed by atoms with Crippen molar-refractivity contribution in [3.63, 3.8) is 0 Å². The van der Waals surface area contributed by atoms with E-state index in [1.807, 2.05) is 6.92 Å². The van der Waals surface area contributed by atoms with Crippen molar-refractivity contribution < 1.29 is 27.0 Å². The molecular weight excluding hydrogens is 385 g/mol. The molecule has 0 amide bonds. The van der Waals surface area contributed by atoms with E-state index in [9.17, 15) is 12.8 Å². The number of hydrogen-bond acceptors (Lipinski definition) is 5. The van der Waals surface area contributed by atoms with Crippen LogP contribution in [0.3, 0.4) is 0 Å². The molecule has 0 aliphatic carbocycles. The highest BCUT2D eigenvalue weighted by atomic mass is 32.2. The van der Waals surface area contributed by atoms with Gasteiger partial charge in [0.2, 0.25) is 10.0 Å². The van der Waals surface area contributed by atoms with Crippen LogP contribution in [0, 0.1) is 12.7 Å². The van der Waals surface area contributed by atoms with Crippen molar-refractivity contribution in [1.82, 2.24) is 4.31 Å². The summed E-state index contributed by atoms with van der Waals surface area (Å²) in [5.74, 6) is 0.287. The Hall–Kier alpha value is -2.00. The van der Waals surface area contributed by atoms with E-state index in [-0.39, 0.29) is 30.4 Å². The molecule has 0 spiro atoms. The fraction of sp³-hybridized carbons (Fsp3) is 0.400. The summed E-state index contributed by atoms with van der Waals surface area (Å²) in [5, 5.41) is 0. The molecular formula is C20H24FNO5S. The van der Waals surface area contributed by atoms with Crippen LogP contribution in [0.15, 0.2) is 47.4 Å². The summed E-state index contributed by atoms with van der Waals surface area (Å²) in [6, 6.07) is 10.7. The third-order valence-electron chi connectivity index (χ3n) is 4.60. The number of aryl methyl sites for hydroxylation is 1. The highest BCUT2D eigenvalue weighted by molar-refractivity contribution is 7.89. The Morgan fingerprint density at radius 3 is 2.61 bits per heavy atom. The Morgan fingerprint density at radius 1 is 1.18 bits per heavy atom. The monoisotopic (exact) mass is 409 g/mol. The first-order valence-corrected chi connectivity index (χ1v) is 10.5. The number of ether oxygens (including phenoxy) is 3. The smallest absolute Gasteiger partial charge is 0.243 e. The maximum absolute atomic E-state index is 13.1. The van der Waals surface area contributed by atoms with Crippen LogP contribution in [0.5, 0.6) is 5.75 Å². The van der Waals surface area contributed by atoms with Gasteiger partial charge in [0.15, 0.2) is 0 Å². The molecule has 1 atom stereocenters. The summed E-state index contributed by atoms with van der Waals surface area (Å²) in [4.78, 5) is 0.212. The van der Waals surface area contributed by atoms with Crippen molar-refractivity contribution in [2.24, 2.45) is 0 Å². The minimum atomic E-state index is -3.68. The molecule has 0 bridgehead atoms. The van der Waals surface area contributed by atoms with E-state index in [4.69, 9.17) is 14.2 Å². The summed E-state index contributed by atoms with van der Waals surface area (Å²) >= 11 is 0. The molecule has 1 unspecified atom stereocenters. The van der Waals surface area contributed by atoms with Gasteiger partial charge in [-0.05, 0) is 48.4 Å². The number of nitrogens with zero attached hydrogens (tertiary/aromatic N) is 1. The molecule has 1 heterocycles. The maximum atomic E-state index is 13.1. The molecule has 1 saturated heterocycles. The van der Waals surface area contributed by atoms with Gasteiger partial charge in [0.05, 0.1) is 24.2 Å². The number of hydrogen-bond donors (Lipinski definition) is 0. The van der Waals surface area contributed by atoms with Crippen LogP contribution in [0.1, 0.15) is 17.2 Å². The molecule has 8 heteroatoms. The predicted octanol–water partition coefficient (Wildman–Crippen LogP) is 2.92. The van der Waals surface area contributed by atoms with Gasteiger partial charge in [-0.1, -0.05) is 12.1 Å². The van der Waals surface area contributed by atoms with Crippen LogP contribution >= 0.6 is 0 Å². The van der Waals surface area contributed by atoms with Gasteiger partial charge >= 0.3 is 0 Å². The zero-order chi connectivity index (χ0) is 20.1. The Labute approximate surface area is 164 Å². The molecule has 0 N–H and O–H groups in total. The van der Waals surface area contributed by atoms with Crippen molar-refractivity contribution in [2.45, 2.75) is 17.9 Å². The van der Waals surface area contributed by atoms with Gasteiger partial charge in [-0.2, -0.15) is 4.31 Å². The lowest BCUT2D eigenvalue weighted by molar-refractivity contribution is -0.00258. The van der Waals surface area contributed by atoms with Crippen LogP contribution in [0.4, 0.5) is 4.39 Å². The van der Waals surface area contributed by atoms with Gasteiger partial charge in [0.25, 0.3) is 0 Å². The van der Waals surface area contributed by atoms with Gasteiger partial charge < -0.3 is 14.2 Å². The quantitative estimate of drug-likeness (QED) is 0.658. The summed E-state index contributed by atoms with van der Waals surface area (Å²) in [6.45, 7) is 3.38. The van der Waals surface area contributed by atoms with E-state index in [1.54, 1.807) is 37.4 Å². The van der Waals surface area contributed by atoms with Crippen LogP contribution < -0.4 is 4.74 Å². The number of sulfonamides is 1. The number of halogens is 1. The number of methoxy groups -OCH3 is 1. The summed E-state index contributed by atoms with van der Waals surface area (Å²) < 4.78 is 57.0. The average Bonchev–Trinajstić information content (AvgIpc) is 2.70. The van der Waals surface area contributed by atoms with Crippen molar-refractivity contribution in [3.8, 4) is 5.75 Å². The highest BCUT2D eigenvalue weighted by Crippen LogP contribution is 2.29. The summed E-state index contributed by atoms with van der Waals surface area (Å²) in [5.41, 5.74) is 1.49. The average molecular weight is 409 g/mol. The van der Waals surface area contributed by atoms with Crippen LogP contribution in [-0.2, 0) is 19.5 Å². The topological polar surface area (TPSA) is 65.1 Å². The van der Waals surface area contributed by atoms with E-state index in [0.717, 1.165) is 11.1 Å². The maximum Gasteiger partial charge on any atom is 0.243 e. The van der Waals surface area contributed by atoms with E-state index in [0.29, 0.717) is 19.0 Å². The van der Waals surface area contributed by atoms with Gasteiger partial charge in [-0.25, -0.2) is 12.8 Å². The minimum Gasteiger partial charge on any atom is -0.491 e. The molecule has 1 aliphatic rings. The number of rotatable bonds is 7. The Bertz CT molecular complexity index is 901. The molecule has 28 heavy (non-hydrogen) atoms. The van der Waals surface area contributed by atoms with Crippen molar-refractivity contribution in [2.75, 3.05) is 40.0 Å². The van der Waals surface area contributed by atoms with E-state index >= 15 is 0 Å².